The SMILES string of the molecule is CCOc1c(C)cc(C=NNc2ccccc2)cc1C. The van der Waals surface area contributed by atoms with Gasteiger partial charge < -0.3 is 4.74 Å². The smallest absolute Gasteiger partial charge is 0.125 e. The summed E-state index contributed by atoms with van der Waals surface area (Å²) in [4.78, 5) is 0. The van der Waals surface area contributed by atoms with Gasteiger partial charge in [0.1, 0.15) is 5.75 Å². The molecule has 0 saturated heterocycles. The summed E-state index contributed by atoms with van der Waals surface area (Å²) in [5.74, 6) is 0.973. The molecule has 2 aromatic carbocycles. The normalized spacial score (nSPS) is 10.8. The molecule has 2 rings (SSSR count). The third-order valence-electron chi connectivity index (χ3n) is 2.95. The second-order valence-electron chi connectivity index (χ2n) is 4.65. The minimum Gasteiger partial charge on any atom is -0.493 e. The highest BCUT2D eigenvalue weighted by Crippen LogP contribution is 2.24. The van der Waals surface area contributed by atoms with Gasteiger partial charge in [0.15, 0.2) is 0 Å². The van der Waals surface area contributed by atoms with E-state index < -0.39 is 0 Å². The highest BCUT2D eigenvalue weighted by Gasteiger charge is 2.04. The lowest BCUT2D eigenvalue weighted by Gasteiger charge is -2.11. The molecule has 0 saturated carbocycles. The predicted molar refractivity (Wildman–Crippen MR) is 84.7 cm³/mol. The van der Waals surface area contributed by atoms with E-state index in [0.717, 1.165) is 28.1 Å². The maximum absolute atomic E-state index is 5.64. The van der Waals surface area contributed by atoms with Crippen molar-refractivity contribution in [2.75, 3.05) is 12.0 Å². The number of nitrogens with one attached hydrogen (secondary N) is 1. The molecule has 0 aliphatic heterocycles. The molecule has 0 spiro atoms. The zero-order valence-corrected chi connectivity index (χ0v) is 12.2. The highest BCUT2D eigenvalue weighted by molar-refractivity contribution is 5.81. The van der Waals surface area contributed by atoms with Gasteiger partial charge in [0.25, 0.3) is 0 Å². The summed E-state index contributed by atoms with van der Waals surface area (Å²) in [5.41, 5.74) is 7.31. The lowest BCUT2D eigenvalue weighted by atomic mass is 10.1. The first-order valence-electron chi connectivity index (χ1n) is 6.79. The van der Waals surface area contributed by atoms with Crippen LogP contribution in [-0.2, 0) is 0 Å². The van der Waals surface area contributed by atoms with Crippen LogP contribution in [0, 0.1) is 13.8 Å². The van der Waals surface area contributed by atoms with Crippen LogP contribution in [0.1, 0.15) is 23.6 Å². The van der Waals surface area contributed by atoms with E-state index >= 15 is 0 Å². The predicted octanol–water partition coefficient (Wildman–Crippen LogP) is 4.15. The van der Waals surface area contributed by atoms with Crippen LogP contribution in [0.2, 0.25) is 0 Å². The van der Waals surface area contributed by atoms with E-state index in [2.05, 4.69) is 36.5 Å². The van der Waals surface area contributed by atoms with Gasteiger partial charge in [-0.1, -0.05) is 18.2 Å². The Hall–Kier alpha value is -2.29. The molecule has 20 heavy (non-hydrogen) atoms. The van der Waals surface area contributed by atoms with Crippen LogP contribution in [0.15, 0.2) is 47.6 Å². The maximum atomic E-state index is 5.64. The molecule has 0 amide bonds. The van der Waals surface area contributed by atoms with Crippen molar-refractivity contribution >= 4 is 11.9 Å². The van der Waals surface area contributed by atoms with E-state index in [0.29, 0.717) is 6.61 Å². The number of benzene rings is 2. The first kappa shape index (κ1) is 14.1. The number of rotatable bonds is 5. The highest BCUT2D eigenvalue weighted by atomic mass is 16.5. The molecule has 0 aliphatic rings. The molecule has 3 heteroatoms. The lowest BCUT2D eigenvalue weighted by Crippen LogP contribution is -1.98. The van der Waals surface area contributed by atoms with Gasteiger partial charge in [-0.05, 0) is 61.7 Å². The largest absolute Gasteiger partial charge is 0.493 e. The topological polar surface area (TPSA) is 33.6 Å². The van der Waals surface area contributed by atoms with Gasteiger partial charge in [-0.15, -0.1) is 0 Å². The van der Waals surface area contributed by atoms with Crippen LogP contribution in [0.4, 0.5) is 5.69 Å². The van der Waals surface area contributed by atoms with Gasteiger partial charge in [0.2, 0.25) is 0 Å². The van der Waals surface area contributed by atoms with Crippen molar-refractivity contribution in [2.45, 2.75) is 20.8 Å². The van der Waals surface area contributed by atoms with Gasteiger partial charge in [-0.2, -0.15) is 5.10 Å². The maximum Gasteiger partial charge on any atom is 0.125 e. The minimum atomic E-state index is 0.685. The summed E-state index contributed by atoms with van der Waals surface area (Å²) in [7, 11) is 0. The molecule has 0 atom stereocenters. The molecule has 0 radical (unpaired) electrons. The summed E-state index contributed by atoms with van der Waals surface area (Å²) in [5, 5.41) is 4.25. The van der Waals surface area contributed by atoms with Gasteiger partial charge in [0.05, 0.1) is 18.5 Å². The zero-order valence-electron chi connectivity index (χ0n) is 12.2. The average molecular weight is 268 g/mol. The molecule has 104 valence electrons. The van der Waals surface area contributed by atoms with Crippen molar-refractivity contribution in [2.24, 2.45) is 5.10 Å². The summed E-state index contributed by atoms with van der Waals surface area (Å²) in [6, 6.07) is 14.0. The number of anilines is 1. The summed E-state index contributed by atoms with van der Waals surface area (Å²) in [6.07, 6.45) is 1.82. The second kappa shape index (κ2) is 6.75. The van der Waals surface area contributed by atoms with Crippen LogP contribution >= 0.6 is 0 Å². The van der Waals surface area contributed by atoms with Gasteiger partial charge in [-0.3, -0.25) is 5.43 Å². The first-order chi connectivity index (χ1) is 9.70. The number of ether oxygens (including phenoxy) is 1. The molecule has 0 heterocycles. The molecular weight excluding hydrogens is 248 g/mol. The Bertz CT molecular complexity index is 568. The molecule has 0 bridgehead atoms. The fourth-order valence-corrected chi connectivity index (χ4v) is 2.12. The van der Waals surface area contributed by atoms with Crippen molar-refractivity contribution < 1.29 is 4.74 Å². The third-order valence-corrected chi connectivity index (χ3v) is 2.95. The van der Waals surface area contributed by atoms with Crippen molar-refractivity contribution in [3.05, 3.63) is 59.2 Å². The van der Waals surface area contributed by atoms with E-state index in [1.165, 1.54) is 0 Å². The second-order valence-corrected chi connectivity index (χ2v) is 4.65. The summed E-state index contributed by atoms with van der Waals surface area (Å²) < 4.78 is 5.64. The van der Waals surface area contributed by atoms with Crippen LogP contribution < -0.4 is 10.2 Å². The number of hydrogen-bond acceptors (Lipinski definition) is 3. The Kier molecular flexibility index (Phi) is 4.77. The fraction of sp³-hybridized carbons (Fsp3) is 0.235. The molecule has 0 aliphatic carbocycles. The Balaban J connectivity index is 2.10. The Morgan fingerprint density at radius 3 is 2.35 bits per heavy atom. The molecule has 0 unspecified atom stereocenters. The molecule has 1 N–H and O–H groups in total. The number of hydrazone groups is 1. The van der Waals surface area contributed by atoms with Gasteiger partial charge in [-0.25, -0.2) is 0 Å². The number of aryl methyl sites for hydroxylation is 2. The van der Waals surface area contributed by atoms with Crippen LogP contribution in [0.5, 0.6) is 5.75 Å². The van der Waals surface area contributed by atoms with Gasteiger partial charge >= 0.3 is 0 Å². The molecule has 0 fully saturated rings. The third kappa shape index (κ3) is 3.60. The minimum absolute atomic E-state index is 0.685. The molecule has 2 aromatic rings. The number of hydrogen-bond donors (Lipinski definition) is 1. The molecule has 0 aromatic heterocycles. The summed E-state index contributed by atoms with van der Waals surface area (Å²) >= 11 is 0. The Morgan fingerprint density at radius 1 is 1.10 bits per heavy atom. The number of nitrogens with zero attached hydrogens (tertiary/aromatic N) is 1. The van der Waals surface area contributed by atoms with E-state index in [4.69, 9.17) is 4.74 Å². The van der Waals surface area contributed by atoms with Crippen molar-refractivity contribution in [1.29, 1.82) is 0 Å². The van der Waals surface area contributed by atoms with Crippen LogP contribution in [0.25, 0.3) is 0 Å². The van der Waals surface area contributed by atoms with E-state index in [1.54, 1.807) is 0 Å². The first-order valence-corrected chi connectivity index (χ1v) is 6.79. The lowest BCUT2D eigenvalue weighted by molar-refractivity contribution is 0.335. The van der Waals surface area contributed by atoms with Crippen LogP contribution in [0.3, 0.4) is 0 Å². The number of para-hydroxylation sites is 1. The quantitative estimate of drug-likeness (QED) is 0.653. The van der Waals surface area contributed by atoms with Crippen molar-refractivity contribution in [1.82, 2.24) is 0 Å². The van der Waals surface area contributed by atoms with E-state index in [-0.39, 0.29) is 0 Å². The van der Waals surface area contributed by atoms with Crippen molar-refractivity contribution in [3.8, 4) is 5.75 Å². The molecule has 3 nitrogen and oxygen atoms in total. The summed E-state index contributed by atoms with van der Waals surface area (Å²) in [6.45, 7) is 6.79. The van der Waals surface area contributed by atoms with Crippen LogP contribution in [-0.4, -0.2) is 12.8 Å². The Morgan fingerprint density at radius 2 is 1.75 bits per heavy atom. The average Bonchev–Trinajstić information content (AvgIpc) is 2.44. The van der Waals surface area contributed by atoms with Gasteiger partial charge in [0, 0.05) is 0 Å². The Labute approximate surface area is 120 Å². The monoisotopic (exact) mass is 268 g/mol. The molecular formula is C17H20N2O. The van der Waals surface area contributed by atoms with E-state index in [1.807, 2.05) is 43.5 Å². The van der Waals surface area contributed by atoms with E-state index in [9.17, 15) is 0 Å². The standard InChI is InChI=1S/C17H20N2O/c1-4-20-17-13(2)10-15(11-14(17)3)12-18-19-16-8-6-5-7-9-16/h5-12,19H,4H2,1-3H3. The fourth-order valence-electron chi connectivity index (χ4n) is 2.12. The van der Waals surface area contributed by atoms with Crippen molar-refractivity contribution in [3.63, 3.8) is 0 Å². The zero-order chi connectivity index (χ0) is 14.4.